The number of benzene rings is 4. The lowest BCUT2D eigenvalue weighted by molar-refractivity contribution is -0.0427. The number of ether oxygens (including phenoxy) is 3. The summed E-state index contributed by atoms with van der Waals surface area (Å²) in [5.41, 5.74) is 6.23. The van der Waals surface area contributed by atoms with E-state index in [1.807, 2.05) is 68.4 Å². The molecule has 1 fully saturated rings. The largest absolute Gasteiger partial charge is 0.459 e. The molecule has 3 atom stereocenters. The van der Waals surface area contributed by atoms with Gasteiger partial charge in [0.15, 0.2) is 0 Å². The molecule has 0 saturated carbocycles. The van der Waals surface area contributed by atoms with Gasteiger partial charge >= 0.3 is 11.9 Å². The average molecular weight is 507 g/mol. The van der Waals surface area contributed by atoms with E-state index in [0.29, 0.717) is 17.5 Å². The number of rotatable bonds is 7. The Kier molecular flexibility index (Phi) is 7.66. The standard InChI is InChI=1S/C33H30O5/c1-22-11-15-25(16-12-22)32(34)36-21-31-30(38-33(35)26-17-13-23(2)14-18-26)20-29(37-31)28-10-6-9-27(19-28)24-7-4-3-5-8-24/h3-19,29-31H,20-21H2,1-2H3/t29-,30+,31-/m1/s1. The Hall–Kier alpha value is -4.22. The lowest BCUT2D eigenvalue weighted by atomic mass is 9.99. The lowest BCUT2D eigenvalue weighted by Gasteiger charge is -2.19. The van der Waals surface area contributed by atoms with Gasteiger partial charge in [-0.05, 0) is 60.9 Å². The third kappa shape index (κ3) is 6.01. The summed E-state index contributed by atoms with van der Waals surface area (Å²) in [5.74, 6) is -0.862. The summed E-state index contributed by atoms with van der Waals surface area (Å²) in [6, 6.07) is 32.8. The fourth-order valence-corrected chi connectivity index (χ4v) is 4.58. The van der Waals surface area contributed by atoms with Gasteiger partial charge in [-0.1, -0.05) is 83.9 Å². The maximum absolute atomic E-state index is 12.9. The zero-order chi connectivity index (χ0) is 26.5. The van der Waals surface area contributed by atoms with Crippen LogP contribution in [-0.4, -0.2) is 30.8 Å². The quantitative estimate of drug-likeness (QED) is 0.256. The van der Waals surface area contributed by atoms with Crippen molar-refractivity contribution in [3.8, 4) is 11.1 Å². The fraction of sp³-hybridized carbons (Fsp3) is 0.212. The van der Waals surface area contributed by atoms with Crippen LogP contribution in [0.5, 0.6) is 0 Å². The van der Waals surface area contributed by atoms with Crippen LogP contribution in [0.3, 0.4) is 0 Å². The van der Waals surface area contributed by atoms with Gasteiger partial charge in [0.25, 0.3) is 0 Å². The van der Waals surface area contributed by atoms with Crippen LogP contribution in [0.25, 0.3) is 11.1 Å². The smallest absolute Gasteiger partial charge is 0.338 e. The van der Waals surface area contributed by atoms with Crippen LogP contribution in [-0.2, 0) is 14.2 Å². The van der Waals surface area contributed by atoms with Crippen LogP contribution >= 0.6 is 0 Å². The second-order valence-corrected chi connectivity index (χ2v) is 9.66. The van der Waals surface area contributed by atoms with Crippen LogP contribution < -0.4 is 0 Å². The van der Waals surface area contributed by atoms with Crippen LogP contribution in [0.15, 0.2) is 103 Å². The molecule has 4 aromatic rings. The van der Waals surface area contributed by atoms with Gasteiger partial charge < -0.3 is 14.2 Å². The Labute approximate surface area is 223 Å². The molecular weight excluding hydrogens is 476 g/mol. The molecule has 0 spiro atoms. The second kappa shape index (κ2) is 11.4. The molecule has 0 amide bonds. The molecule has 0 radical (unpaired) electrons. The second-order valence-electron chi connectivity index (χ2n) is 9.66. The molecule has 0 aliphatic carbocycles. The Morgan fingerprint density at radius 2 is 1.34 bits per heavy atom. The van der Waals surface area contributed by atoms with E-state index in [1.54, 1.807) is 24.3 Å². The molecule has 192 valence electrons. The predicted octanol–water partition coefficient (Wildman–Crippen LogP) is 6.88. The van der Waals surface area contributed by atoms with Crippen LogP contribution in [0, 0.1) is 13.8 Å². The van der Waals surface area contributed by atoms with E-state index in [2.05, 4.69) is 24.3 Å². The first kappa shape index (κ1) is 25.4. The number of hydrogen-bond acceptors (Lipinski definition) is 5. The van der Waals surface area contributed by atoms with Gasteiger partial charge in [0.1, 0.15) is 18.8 Å². The molecule has 0 unspecified atom stereocenters. The zero-order valence-corrected chi connectivity index (χ0v) is 21.5. The summed E-state index contributed by atoms with van der Waals surface area (Å²) in [5, 5.41) is 0. The molecule has 1 aliphatic rings. The molecule has 0 bridgehead atoms. The molecule has 0 aromatic heterocycles. The topological polar surface area (TPSA) is 61.8 Å². The fourth-order valence-electron chi connectivity index (χ4n) is 4.58. The van der Waals surface area contributed by atoms with Crippen molar-refractivity contribution < 1.29 is 23.8 Å². The van der Waals surface area contributed by atoms with Gasteiger partial charge in [-0.3, -0.25) is 0 Å². The molecule has 5 nitrogen and oxygen atoms in total. The summed E-state index contributed by atoms with van der Waals surface area (Å²) in [6.07, 6.45) is -1.01. The molecule has 1 saturated heterocycles. The van der Waals surface area contributed by atoms with Crippen molar-refractivity contribution >= 4 is 11.9 Å². The maximum atomic E-state index is 12.9. The minimum atomic E-state index is -0.593. The van der Waals surface area contributed by atoms with Crippen molar-refractivity contribution in [1.82, 2.24) is 0 Å². The Morgan fingerprint density at radius 3 is 2.00 bits per heavy atom. The molecule has 1 heterocycles. The minimum absolute atomic E-state index is 0.0204. The van der Waals surface area contributed by atoms with Crippen LogP contribution in [0.2, 0.25) is 0 Å². The highest BCUT2D eigenvalue weighted by molar-refractivity contribution is 5.90. The lowest BCUT2D eigenvalue weighted by Crippen LogP contribution is -2.32. The highest BCUT2D eigenvalue weighted by Gasteiger charge is 2.40. The van der Waals surface area contributed by atoms with E-state index in [0.717, 1.165) is 27.8 Å². The average Bonchev–Trinajstić information content (AvgIpc) is 3.35. The first-order valence-electron chi connectivity index (χ1n) is 12.8. The van der Waals surface area contributed by atoms with Crippen molar-refractivity contribution in [3.63, 3.8) is 0 Å². The maximum Gasteiger partial charge on any atom is 0.338 e. The first-order valence-corrected chi connectivity index (χ1v) is 12.8. The highest BCUT2D eigenvalue weighted by Crippen LogP contribution is 2.37. The van der Waals surface area contributed by atoms with Gasteiger partial charge in [-0.15, -0.1) is 0 Å². The number of carbonyl (C=O) groups excluding carboxylic acids is 2. The van der Waals surface area contributed by atoms with Crippen molar-refractivity contribution in [2.75, 3.05) is 6.61 Å². The van der Waals surface area contributed by atoms with E-state index in [-0.39, 0.29) is 12.7 Å². The van der Waals surface area contributed by atoms with Crippen molar-refractivity contribution in [3.05, 3.63) is 131 Å². The van der Waals surface area contributed by atoms with Crippen molar-refractivity contribution in [2.45, 2.75) is 38.6 Å². The normalized spacial score (nSPS) is 18.6. The Bertz CT molecular complexity index is 1390. The molecule has 5 heteroatoms. The molecule has 38 heavy (non-hydrogen) atoms. The number of aryl methyl sites for hydroxylation is 2. The van der Waals surface area contributed by atoms with Crippen LogP contribution in [0.1, 0.15) is 49.9 Å². The SMILES string of the molecule is Cc1ccc(C(=O)OC[C@H]2O[C@@H](c3cccc(-c4ccccc4)c3)C[C@@H]2OC(=O)c2ccc(C)cc2)cc1. The number of carbonyl (C=O) groups is 2. The Morgan fingerprint density at radius 1 is 0.737 bits per heavy atom. The van der Waals surface area contributed by atoms with Gasteiger partial charge in [-0.25, -0.2) is 9.59 Å². The number of esters is 2. The molecule has 0 N–H and O–H groups in total. The number of hydrogen-bond donors (Lipinski definition) is 0. The van der Waals surface area contributed by atoms with E-state index in [4.69, 9.17) is 14.2 Å². The zero-order valence-electron chi connectivity index (χ0n) is 21.5. The van der Waals surface area contributed by atoms with Gasteiger partial charge in [-0.2, -0.15) is 0 Å². The van der Waals surface area contributed by atoms with Crippen molar-refractivity contribution in [1.29, 1.82) is 0 Å². The summed E-state index contributed by atoms with van der Waals surface area (Å²) in [6.45, 7) is 3.90. The molecule has 4 aromatic carbocycles. The van der Waals surface area contributed by atoms with Crippen LogP contribution in [0.4, 0.5) is 0 Å². The summed E-state index contributed by atoms with van der Waals surface area (Å²) in [4.78, 5) is 25.6. The first-order chi connectivity index (χ1) is 18.5. The third-order valence-electron chi connectivity index (χ3n) is 6.78. The van der Waals surface area contributed by atoms with Gasteiger partial charge in [0.2, 0.25) is 0 Å². The molecular formula is C33H30O5. The van der Waals surface area contributed by atoms with Gasteiger partial charge in [0, 0.05) is 6.42 Å². The monoisotopic (exact) mass is 506 g/mol. The molecule has 1 aliphatic heterocycles. The summed E-state index contributed by atoms with van der Waals surface area (Å²) >= 11 is 0. The minimum Gasteiger partial charge on any atom is -0.459 e. The Balaban J connectivity index is 1.34. The van der Waals surface area contributed by atoms with Crippen molar-refractivity contribution in [2.24, 2.45) is 0 Å². The third-order valence-corrected chi connectivity index (χ3v) is 6.78. The van der Waals surface area contributed by atoms with E-state index < -0.39 is 24.1 Å². The predicted molar refractivity (Wildman–Crippen MR) is 146 cm³/mol. The van der Waals surface area contributed by atoms with Gasteiger partial charge in [0.05, 0.1) is 17.2 Å². The highest BCUT2D eigenvalue weighted by atomic mass is 16.6. The molecule has 5 rings (SSSR count). The summed E-state index contributed by atoms with van der Waals surface area (Å²) in [7, 11) is 0. The van der Waals surface area contributed by atoms with E-state index in [9.17, 15) is 9.59 Å². The van der Waals surface area contributed by atoms with E-state index in [1.165, 1.54) is 0 Å². The summed E-state index contributed by atoms with van der Waals surface area (Å²) < 4.78 is 17.9. The van der Waals surface area contributed by atoms with E-state index >= 15 is 0 Å².